The third kappa shape index (κ3) is 4.15. The molecular weight excluding hydrogens is 304 g/mol. The number of hydrogen-bond acceptors (Lipinski definition) is 3. The zero-order valence-corrected chi connectivity index (χ0v) is 13.0. The Labute approximate surface area is 132 Å². The first-order valence-corrected chi connectivity index (χ1v) is 6.91. The highest BCUT2D eigenvalue weighted by Crippen LogP contribution is 2.25. The van der Waals surface area contributed by atoms with Gasteiger partial charge < -0.3 is 10.1 Å². The molecule has 23 heavy (non-hydrogen) atoms. The zero-order valence-electron chi connectivity index (χ0n) is 13.0. The number of para-hydroxylation sites is 2. The fraction of sp³-hybridized carbons (Fsp3) is 0.250. The first kappa shape index (κ1) is 16.7. The Balaban J connectivity index is 2.12. The van der Waals surface area contributed by atoms with E-state index in [4.69, 9.17) is 0 Å². The molecule has 0 aliphatic carbocycles. The topological polar surface area (TPSA) is 56.2 Å². The molecule has 122 valence electrons. The van der Waals surface area contributed by atoms with Crippen LogP contribution in [0.1, 0.15) is 17.0 Å². The Morgan fingerprint density at radius 1 is 1.35 bits per heavy atom. The van der Waals surface area contributed by atoms with Gasteiger partial charge in [-0.05, 0) is 32.1 Å². The first-order valence-electron chi connectivity index (χ1n) is 6.91. The highest BCUT2D eigenvalue weighted by atomic mass is 19.3. The number of amides is 1. The Bertz CT molecular complexity index is 739. The molecule has 0 fully saturated rings. The van der Waals surface area contributed by atoms with Crippen molar-refractivity contribution in [2.75, 3.05) is 5.32 Å². The minimum atomic E-state index is -2.95. The summed E-state index contributed by atoms with van der Waals surface area (Å²) < 4.78 is 30.8. The van der Waals surface area contributed by atoms with Crippen LogP contribution in [0, 0.1) is 13.8 Å². The number of anilines is 1. The number of carbonyl (C=O) groups is 1. The number of hydrogen-bond donors (Lipinski definition) is 1. The molecule has 0 saturated carbocycles. The molecular formula is C16H17F2N3O2. The second kappa shape index (κ2) is 7.04. The van der Waals surface area contributed by atoms with Gasteiger partial charge in [0.25, 0.3) is 0 Å². The third-order valence-corrected chi connectivity index (χ3v) is 3.33. The molecule has 0 spiro atoms. The Morgan fingerprint density at radius 2 is 2.04 bits per heavy atom. The summed E-state index contributed by atoms with van der Waals surface area (Å²) in [5, 5.41) is 6.77. The van der Waals surface area contributed by atoms with E-state index in [2.05, 4.69) is 15.2 Å². The lowest BCUT2D eigenvalue weighted by Crippen LogP contribution is -2.11. The lowest BCUT2D eigenvalue weighted by atomic mass is 10.2. The van der Waals surface area contributed by atoms with E-state index in [0.29, 0.717) is 0 Å². The summed E-state index contributed by atoms with van der Waals surface area (Å²) in [6.07, 6.45) is 2.97. The summed E-state index contributed by atoms with van der Waals surface area (Å²) in [5.41, 5.74) is 2.75. The van der Waals surface area contributed by atoms with E-state index in [1.165, 1.54) is 18.2 Å². The predicted octanol–water partition coefficient (Wildman–Crippen LogP) is 3.29. The van der Waals surface area contributed by atoms with Crippen LogP contribution in [0.15, 0.2) is 30.3 Å². The van der Waals surface area contributed by atoms with Crippen molar-refractivity contribution in [3.8, 4) is 5.75 Å². The maximum Gasteiger partial charge on any atom is 0.387 e. The molecule has 1 amide bonds. The molecule has 0 aliphatic heterocycles. The van der Waals surface area contributed by atoms with Crippen molar-refractivity contribution in [1.82, 2.24) is 9.78 Å². The van der Waals surface area contributed by atoms with Crippen molar-refractivity contribution >= 4 is 17.7 Å². The van der Waals surface area contributed by atoms with Crippen molar-refractivity contribution in [3.05, 3.63) is 47.3 Å². The van der Waals surface area contributed by atoms with Crippen LogP contribution in [-0.4, -0.2) is 22.3 Å². The smallest absolute Gasteiger partial charge is 0.387 e. The summed E-state index contributed by atoms with van der Waals surface area (Å²) in [6, 6.07) is 6.02. The lowest BCUT2D eigenvalue weighted by Gasteiger charge is -2.10. The Hall–Kier alpha value is -2.70. The third-order valence-electron chi connectivity index (χ3n) is 3.33. The van der Waals surface area contributed by atoms with E-state index in [0.717, 1.165) is 17.0 Å². The van der Waals surface area contributed by atoms with Gasteiger partial charge in [0.05, 0.1) is 11.4 Å². The summed E-state index contributed by atoms with van der Waals surface area (Å²) in [7, 11) is 1.82. The molecule has 1 heterocycles. The number of ether oxygens (including phenoxy) is 1. The van der Waals surface area contributed by atoms with Gasteiger partial charge in [0.15, 0.2) is 0 Å². The average molecular weight is 321 g/mol. The van der Waals surface area contributed by atoms with Crippen molar-refractivity contribution in [2.24, 2.45) is 7.05 Å². The highest BCUT2D eigenvalue weighted by Gasteiger charge is 2.11. The fourth-order valence-corrected chi connectivity index (χ4v) is 2.13. The number of carbonyl (C=O) groups excluding carboxylic acids is 1. The quantitative estimate of drug-likeness (QED) is 0.860. The van der Waals surface area contributed by atoms with Crippen LogP contribution in [0.25, 0.3) is 6.08 Å². The zero-order chi connectivity index (χ0) is 17.0. The number of benzene rings is 1. The molecule has 2 aromatic rings. The lowest BCUT2D eigenvalue weighted by molar-refractivity contribution is -0.111. The van der Waals surface area contributed by atoms with Gasteiger partial charge in [0, 0.05) is 24.4 Å². The maximum atomic E-state index is 12.3. The van der Waals surface area contributed by atoms with Crippen LogP contribution in [0.4, 0.5) is 14.5 Å². The summed E-state index contributed by atoms with van der Waals surface area (Å²) in [4.78, 5) is 12.0. The number of aryl methyl sites for hydroxylation is 2. The molecule has 0 atom stereocenters. The molecule has 7 heteroatoms. The van der Waals surface area contributed by atoms with E-state index in [1.54, 1.807) is 22.9 Å². The Morgan fingerprint density at radius 3 is 2.65 bits per heavy atom. The standard InChI is InChI=1S/C16H17F2N3O2/c1-10-12(11(2)21(3)20-10)8-9-15(22)19-13-6-4-5-7-14(13)23-16(17)18/h4-9,16H,1-3H3,(H,19,22)/b9-8+. The van der Waals surface area contributed by atoms with Gasteiger partial charge >= 0.3 is 6.61 Å². The van der Waals surface area contributed by atoms with Crippen molar-refractivity contribution < 1.29 is 18.3 Å². The SMILES string of the molecule is Cc1nn(C)c(C)c1/C=C/C(=O)Nc1ccccc1OC(F)F. The Kier molecular flexibility index (Phi) is 5.10. The molecule has 0 radical (unpaired) electrons. The van der Waals surface area contributed by atoms with E-state index < -0.39 is 12.5 Å². The van der Waals surface area contributed by atoms with Gasteiger partial charge in [0.2, 0.25) is 5.91 Å². The number of halogens is 2. The minimum Gasteiger partial charge on any atom is -0.433 e. The van der Waals surface area contributed by atoms with Crippen LogP contribution in [0.5, 0.6) is 5.75 Å². The molecule has 5 nitrogen and oxygen atoms in total. The van der Waals surface area contributed by atoms with Crippen LogP contribution in [-0.2, 0) is 11.8 Å². The van der Waals surface area contributed by atoms with E-state index in [-0.39, 0.29) is 11.4 Å². The van der Waals surface area contributed by atoms with Crippen molar-refractivity contribution in [1.29, 1.82) is 0 Å². The molecule has 1 aromatic heterocycles. The van der Waals surface area contributed by atoms with E-state index >= 15 is 0 Å². The molecule has 1 aromatic carbocycles. The van der Waals surface area contributed by atoms with Crippen LogP contribution < -0.4 is 10.1 Å². The summed E-state index contributed by atoms with van der Waals surface area (Å²) in [6.45, 7) is 0.781. The fourth-order valence-electron chi connectivity index (χ4n) is 2.13. The van der Waals surface area contributed by atoms with E-state index in [1.807, 2.05) is 20.9 Å². The van der Waals surface area contributed by atoms with Gasteiger partial charge in [-0.3, -0.25) is 9.48 Å². The van der Waals surface area contributed by atoms with Crippen molar-refractivity contribution in [3.63, 3.8) is 0 Å². The number of rotatable bonds is 5. The van der Waals surface area contributed by atoms with Crippen LogP contribution in [0.2, 0.25) is 0 Å². The van der Waals surface area contributed by atoms with Gasteiger partial charge in [0.1, 0.15) is 5.75 Å². The van der Waals surface area contributed by atoms with Gasteiger partial charge in [-0.1, -0.05) is 12.1 Å². The van der Waals surface area contributed by atoms with Crippen molar-refractivity contribution in [2.45, 2.75) is 20.5 Å². The largest absolute Gasteiger partial charge is 0.433 e. The highest BCUT2D eigenvalue weighted by molar-refractivity contribution is 6.02. The molecule has 0 bridgehead atoms. The maximum absolute atomic E-state index is 12.3. The molecule has 0 unspecified atom stereocenters. The first-order chi connectivity index (χ1) is 10.9. The number of nitrogens with one attached hydrogen (secondary N) is 1. The second-order valence-electron chi connectivity index (χ2n) is 4.91. The predicted molar refractivity (Wildman–Crippen MR) is 83.4 cm³/mol. The second-order valence-corrected chi connectivity index (χ2v) is 4.91. The average Bonchev–Trinajstić information content (AvgIpc) is 2.72. The van der Waals surface area contributed by atoms with Gasteiger partial charge in [-0.2, -0.15) is 13.9 Å². The minimum absolute atomic E-state index is 0.0852. The molecule has 0 aliphatic rings. The monoisotopic (exact) mass is 321 g/mol. The summed E-state index contributed by atoms with van der Waals surface area (Å²) >= 11 is 0. The van der Waals surface area contributed by atoms with Crippen LogP contribution in [0.3, 0.4) is 0 Å². The molecule has 1 N–H and O–H groups in total. The van der Waals surface area contributed by atoms with Gasteiger partial charge in [-0.15, -0.1) is 0 Å². The normalized spacial score (nSPS) is 11.2. The van der Waals surface area contributed by atoms with Gasteiger partial charge in [-0.25, -0.2) is 0 Å². The number of nitrogens with zero attached hydrogens (tertiary/aromatic N) is 2. The number of aromatic nitrogens is 2. The van der Waals surface area contributed by atoms with E-state index in [9.17, 15) is 13.6 Å². The number of alkyl halides is 2. The molecule has 0 saturated heterocycles. The van der Waals surface area contributed by atoms with Crippen LogP contribution >= 0.6 is 0 Å². The summed E-state index contributed by atoms with van der Waals surface area (Å²) in [5.74, 6) is -0.532. The molecule has 2 rings (SSSR count).